The molecular weight excluding hydrogens is 502 g/mol. The molecule has 0 unspecified atom stereocenters. The molecule has 1 aliphatic heterocycles. The number of carbonyl (C=O) groups excluding carboxylic acids is 2. The lowest BCUT2D eigenvalue weighted by molar-refractivity contribution is -0.134. The van der Waals surface area contributed by atoms with Gasteiger partial charge in [0.15, 0.2) is 0 Å². The molecule has 4 rings (SSSR count). The molecule has 0 saturated carbocycles. The van der Waals surface area contributed by atoms with Crippen molar-refractivity contribution in [3.05, 3.63) is 64.4 Å². The first-order valence-corrected chi connectivity index (χ1v) is 13.2. The summed E-state index contributed by atoms with van der Waals surface area (Å²) in [5.41, 5.74) is 0.610. The van der Waals surface area contributed by atoms with Gasteiger partial charge in [0.25, 0.3) is 5.91 Å². The van der Waals surface area contributed by atoms with Crippen molar-refractivity contribution in [3.8, 4) is 0 Å². The van der Waals surface area contributed by atoms with Gasteiger partial charge in [-0.05, 0) is 36.6 Å². The third kappa shape index (κ3) is 5.79. The molecule has 0 radical (unpaired) electrons. The van der Waals surface area contributed by atoms with Gasteiger partial charge in [-0.15, -0.1) is 0 Å². The van der Waals surface area contributed by atoms with Gasteiger partial charge in [-0.3, -0.25) is 9.59 Å². The number of pyridine rings is 1. The van der Waals surface area contributed by atoms with E-state index in [1.165, 1.54) is 23.2 Å². The van der Waals surface area contributed by atoms with Crippen LogP contribution in [0, 0.1) is 11.6 Å². The monoisotopic (exact) mass is 524 g/mol. The standard InChI is InChI=1S/C23H23ClF2N4O4S/c1-35(33,34)17-4-6-30(7-5-17)23(32)20(9-13-2-3-16(25)11-18(13)26)29-22(31)19-10-14-8-15(24)12-27-21(14)28-19/h2-3,8,10-12,17,20H,4-7,9H2,1H3,(H,27,28)(H,29,31)/t20-/m0/s1. The molecule has 2 amide bonds. The van der Waals surface area contributed by atoms with Crippen LogP contribution < -0.4 is 5.32 Å². The Bertz CT molecular complexity index is 1390. The van der Waals surface area contributed by atoms with Crippen LogP contribution in [0.15, 0.2) is 36.5 Å². The molecule has 2 aromatic heterocycles. The highest BCUT2D eigenvalue weighted by atomic mass is 35.5. The summed E-state index contributed by atoms with van der Waals surface area (Å²) in [5, 5.41) is 3.08. The summed E-state index contributed by atoms with van der Waals surface area (Å²) < 4.78 is 51.4. The lowest BCUT2D eigenvalue weighted by Crippen LogP contribution is -2.52. The number of amides is 2. The van der Waals surface area contributed by atoms with Crippen molar-refractivity contribution in [1.29, 1.82) is 0 Å². The Morgan fingerprint density at radius 3 is 2.60 bits per heavy atom. The molecule has 0 aliphatic carbocycles. The number of carbonyl (C=O) groups is 2. The number of aromatic nitrogens is 2. The van der Waals surface area contributed by atoms with Gasteiger partial charge in [-0.25, -0.2) is 22.2 Å². The fourth-order valence-corrected chi connectivity index (χ4v) is 5.41. The molecule has 0 bridgehead atoms. The Balaban J connectivity index is 1.56. The van der Waals surface area contributed by atoms with Crippen molar-refractivity contribution in [2.75, 3.05) is 19.3 Å². The molecule has 1 fully saturated rings. The molecular formula is C23H23ClF2N4O4S. The first kappa shape index (κ1) is 25.1. The van der Waals surface area contributed by atoms with Crippen molar-refractivity contribution >= 4 is 44.3 Å². The predicted molar refractivity (Wildman–Crippen MR) is 127 cm³/mol. The maximum absolute atomic E-state index is 14.4. The Labute approximate surface area is 205 Å². The Hall–Kier alpha value is -3.05. The number of nitrogens with zero attached hydrogens (tertiary/aromatic N) is 2. The summed E-state index contributed by atoms with van der Waals surface area (Å²) in [5.74, 6) is -2.69. The number of fused-ring (bicyclic) bond motifs is 1. The zero-order valence-electron chi connectivity index (χ0n) is 18.7. The van der Waals surface area contributed by atoms with Crippen LogP contribution in [0.5, 0.6) is 0 Å². The highest BCUT2D eigenvalue weighted by Crippen LogP contribution is 2.21. The predicted octanol–water partition coefficient (Wildman–Crippen LogP) is 2.87. The van der Waals surface area contributed by atoms with E-state index in [2.05, 4.69) is 15.3 Å². The molecule has 186 valence electrons. The summed E-state index contributed by atoms with van der Waals surface area (Å²) in [6.07, 6.45) is 2.91. The van der Waals surface area contributed by atoms with Gasteiger partial charge in [-0.2, -0.15) is 0 Å². The second-order valence-corrected chi connectivity index (χ2v) is 11.4. The van der Waals surface area contributed by atoms with Gasteiger partial charge in [0.2, 0.25) is 5.91 Å². The van der Waals surface area contributed by atoms with E-state index in [4.69, 9.17) is 11.6 Å². The number of aromatic amines is 1. The van der Waals surface area contributed by atoms with E-state index in [0.717, 1.165) is 12.3 Å². The van der Waals surface area contributed by atoms with Crippen molar-refractivity contribution in [2.24, 2.45) is 0 Å². The molecule has 1 aromatic carbocycles. The Morgan fingerprint density at radius 2 is 1.94 bits per heavy atom. The van der Waals surface area contributed by atoms with Gasteiger partial charge < -0.3 is 15.2 Å². The van der Waals surface area contributed by atoms with E-state index in [1.54, 1.807) is 6.07 Å². The van der Waals surface area contributed by atoms with Crippen LogP contribution >= 0.6 is 11.6 Å². The van der Waals surface area contributed by atoms with E-state index in [9.17, 15) is 26.8 Å². The summed E-state index contributed by atoms with van der Waals surface area (Å²) in [7, 11) is -3.24. The van der Waals surface area contributed by atoms with Gasteiger partial charge in [-0.1, -0.05) is 17.7 Å². The zero-order valence-corrected chi connectivity index (χ0v) is 20.3. The van der Waals surface area contributed by atoms with Crippen LogP contribution in [0.25, 0.3) is 11.0 Å². The minimum absolute atomic E-state index is 0.0566. The molecule has 1 atom stereocenters. The first-order chi connectivity index (χ1) is 16.5. The van der Waals surface area contributed by atoms with Crippen molar-refractivity contribution < 1.29 is 26.8 Å². The quantitative estimate of drug-likeness (QED) is 0.515. The number of H-pyrrole nitrogens is 1. The fraction of sp³-hybridized carbons (Fsp3) is 0.348. The van der Waals surface area contributed by atoms with E-state index >= 15 is 0 Å². The second-order valence-electron chi connectivity index (χ2n) is 8.59. The van der Waals surface area contributed by atoms with Gasteiger partial charge >= 0.3 is 0 Å². The lowest BCUT2D eigenvalue weighted by Gasteiger charge is -2.33. The van der Waals surface area contributed by atoms with Gasteiger partial charge in [0.1, 0.15) is 38.9 Å². The Kier molecular flexibility index (Phi) is 7.09. The van der Waals surface area contributed by atoms with Crippen LogP contribution in [0.3, 0.4) is 0 Å². The van der Waals surface area contributed by atoms with Crippen LogP contribution in [-0.4, -0.2) is 65.7 Å². The number of nitrogens with one attached hydrogen (secondary N) is 2. The average molecular weight is 525 g/mol. The zero-order chi connectivity index (χ0) is 25.3. The van der Waals surface area contributed by atoms with Crippen LogP contribution in [0.2, 0.25) is 5.02 Å². The van der Waals surface area contributed by atoms with Crippen LogP contribution in [0.4, 0.5) is 8.78 Å². The molecule has 12 heteroatoms. The number of likely N-dealkylation sites (tertiary alicyclic amines) is 1. The minimum atomic E-state index is -3.24. The molecule has 3 aromatic rings. The molecule has 3 heterocycles. The molecule has 35 heavy (non-hydrogen) atoms. The number of halogens is 3. The smallest absolute Gasteiger partial charge is 0.268 e. The highest BCUT2D eigenvalue weighted by molar-refractivity contribution is 7.91. The molecule has 8 nitrogen and oxygen atoms in total. The van der Waals surface area contributed by atoms with Crippen molar-refractivity contribution in [1.82, 2.24) is 20.2 Å². The first-order valence-electron chi connectivity index (χ1n) is 10.9. The van der Waals surface area contributed by atoms with Crippen LogP contribution in [-0.2, 0) is 21.1 Å². The number of hydrogen-bond donors (Lipinski definition) is 2. The lowest BCUT2D eigenvalue weighted by atomic mass is 10.0. The molecule has 0 spiro atoms. The average Bonchev–Trinajstić information content (AvgIpc) is 3.22. The van der Waals surface area contributed by atoms with Crippen LogP contribution in [0.1, 0.15) is 28.9 Å². The summed E-state index contributed by atoms with van der Waals surface area (Å²) in [4.78, 5) is 34.8. The van der Waals surface area contributed by atoms with E-state index in [1.807, 2.05) is 0 Å². The summed E-state index contributed by atoms with van der Waals surface area (Å²) >= 11 is 5.95. The molecule has 2 N–H and O–H groups in total. The molecule has 1 saturated heterocycles. The SMILES string of the molecule is CS(=O)(=O)C1CCN(C(=O)[C@H](Cc2ccc(F)cc2F)NC(=O)c2cc3cc(Cl)cnc3[nH]2)CC1. The minimum Gasteiger partial charge on any atom is -0.341 e. The number of piperidine rings is 1. The number of benzene rings is 1. The maximum Gasteiger partial charge on any atom is 0.268 e. The number of rotatable bonds is 6. The summed E-state index contributed by atoms with van der Waals surface area (Å²) in [6, 6.07) is 5.00. The third-order valence-corrected chi connectivity index (χ3v) is 7.97. The fourth-order valence-electron chi connectivity index (χ4n) is 4.18. The second kappa shape index (κ2) is 9.90. The van der Waals surface area contributed by atoms with Crippen molar-refractivity contribution in [2.45, 2.75) is 30.6 Å². The van der Waals surface area contributed by atoms with E-state index < -0.39 is 44.6 Å². The highest BCUT2D eigenvalue weighted by Gasteiger charge is 2.33. The number of hydrogen-bond acceptors (Lipinski definition) is 5. The third-order valence-electron chi connectivity index (χ3n) is 6.08. The van der Waals surface area contributed by atoms with E-state index in [0.29, 0.717) is 22.1 Å². The topological polar surface area (TPSA) is 112 Å². The van der Waals surface area contributed by atoms with Crippen molar-refractivity contribution in [3.63, 3.8) is 0 Å². The largest absolute Gasteiger partial charge is 0.341 e. The van der Waals surface area contributed by atoms with Gasteiger partial charge in [0, 0.05) is 43.4 Å². The van der Waals surface area contributed by atoms with Gasteiger partial charge in [0.05, 0.1) is 10.3 Å². The maximum atomic E-state index is 14.4. The normalized spacial score (nSPS) is 15.8. The summed E-state index contributed by atoms with van der Waals surface area (Å²) in [6.45, 7) is 0.368. The van der Waals surface area contributed by atoms with E-state index in [-0.39, 0.29) is 43.6 Å². The Morgan fingerprint density at radius 1 is 1.23 bits per heavy atom. The number of sulfone groups is 1. The molecule has 1 aliphatic rings.